The maximum absolute atomic E-state index is 12.6. The first-order valence-corrected chi connectivity index (χ1v) is 8.15. The molecule has 3 rings (SSSR count). The van der Waals surface area contributed by atoms with Crippen LogP contribution in [0.25, 0.3) is 11.3 Å². The number of benzene rings is 1. The van der Waals surface area contributed by atoms with Crippen molar-refractivity contribution in [1.82, 2.24) is 15.1 Å². The third-order valence-corrected chi connectivity index (χ3v) is 4.39. The predicted molar refractivity (Wildman–Crippen MR) is 91.8 cm³/mol. The summed E-state index contributed by atoms with van der Waals surface area (Å²) in [5.41, 5.74) is 7.52. The fraction of sp³-hybridized carbons (Fsp3) is 0.333. The van der Waals surface area contributed by atoms with Gasteiger partial charge in [-0.15, -0.1) is 10.2 Å². The molecule has 25 heavy (non-hydrogen) atoms. The van der Waals surface area contributed by atoms with Crippen molar-refractivity contribution in [2.45, 2.75) is 12.8 Å². The standard InChI is InChI=1S/C18H20N4O3/c1-25-16-9-8-15(20-21-16)12-4-6-13(7-5-12)18(24)22-10-2-3-14(11-22)17(19)23/h4-9,14H,2-3,10-11H2,1H3,(H2,19,23)/t14-/m1/s1. The Balaban J connectivity index is 1.72. The van der Waals surface area contributed by atoms with Gasteiger partial charge in [0.25, 0.3) is 5.91 Å². The van der Waals surface area contributed by atoms with Crippen LogP contribution in [-0.4, -0.2) is 47.1 Å². The van der Waals surface area contributed by atoms with E-state index in [4.69, 9.17) is 10.5 Å². The maximum Gasteiger partial charge on any atom is 0.253 e. The first kappa shape index (κ1) is 16.9. The van der Waals surface area contributed by atoms with Crippen LogP contribution in [0.2, 0.25) is 0 Å². The second-order valence-corrected chi connectivity index (χ2v) is 6.03. The molecular formula is C18H20N4O3. The molecular weight excluding hydrogens is 320 g/mol. The van der Waals surface area contributed by atoms with Crippen LogP contribution < -0.4 is 10.5 Å². The number of nitrogens with zero attached hydrogens (tertiary/aromatic N) is 3. The van der Waals surface area contributed by atoms with Gasteiger partial charge in [0.1, 0.15) is 0 Å². The highest BCUT2D eigenvalue weighted by atomic mass is 16.5. The van der Waals surface area contributed by atoms with Crippen molar-refractivity contribution in [3.05, 3.63) is 42.0 Å². The van der Waals surface area contributed by atoms with E-state index in [0.717, 1.165) is 18.4 Å². The average Bonchev–Trinajstić information content (AvgIpc) is 2.67. The van der Waals surface area contributed by atoms with Gasteiger partial charge in [-0.1, -0.05) is 12.1 Å². The van der Waals surface area contributed by atoms with Gasteiger partial charge in [-0.25, -0.2) is 0 Å². The number of aromatic nitrogens is 2. The topological polar surface area (TPSA) is 98.4 Å². The van der Waals surface area contributed by atoms with Crippen molar-refractivity contribution in [2.24, 2.45) is 11.7 Å². The van der Waals surface area contributed by atoms with E-state index in [1.54, 1.807) is 23.1 Å². The van der Waals surface area contributed by atoms with Crippen molar-refractivity contribution in [3.8, 4) is 17.1 Å². The number of nitrogens with two attached hydrogens (primary N) is 1. The molecule has 1 atom stereocenters. The van der Waals surface area contributed by atoms with Gasteiger partial charge >= 0.3 is 0 Å². The van der Waals surface area contributed by atoms with E-state index < -0.39 is 0 Å². The molecule has 7 heteroatoms. The van der Waals surface area contributed by atoms with Crippen LogP contribution in [0.1, 0.15) is 23.2 Å². The van der Waals surface area contributed by atoms with Crippen molar-refractivity contribution in [1.29, 1.82) is 0 Å². The smallest absolute Gasteiger partial charge is 0.253 e. The second kappa shape index (κ2) is 7.29. The highest BCUT2D eigenvalue weighted by Gasteiger charge is 2.27. The average molecular weight is 340 g/mol. The molecule has 2 aromatic rings. The predicted octanol–water partition coefficient (Wildman–Crippen LogP) is 1.49. The van der Waals surface area contributed by atoms with E-state index in [2.05, 4.69) is 10.2 Å². The zero-order valence-corrected chi connectivity index (χ0v) is 14.0. The summed E-state index contributed by atoms with van der Waals surface area (Å²) in [7, 11) is 1.54. The lowest BCUT2D eigenvalue weighted by atomic mass is 9.96. The number of piperidine rings is 1. The molecule has 0 radical (unpaired) electrons. The molecule has 0 saturated carbocycles. The van der Waals surface area contributed by atoms with Crippen molar-refractivity contribution in [2.75, 3.05) is 20.2 Å². The number of hydrogen-bond acceptors (Lipinski definition) is 5. The van der Waals surface area contributed by atoms with Gasteiger partial charge in [0, 0.05) is 30.3 Å². The van der Waals surface area contributed by atoms with E-state index >= 15 is 0 Å². The lowest BCUT2D eigenvalue weighted by Crippen LogP contribution is -2.44. The van der Waals surface area contributed by atoms with E-state index in [-0.39, 0.29) is 17.7 Å². The third kappa shape index (κ3) is 3.76. The van der Waals surface area contributed by atoms with Crippen LogP contribution in [0.15, 0.2) is 36.4 Å². The summed E-state index contributed by atoms with van der Waals surface area (Å²) in [4.78, 5) is 25.7. The minimum atomic E-state index is -0.342. The number of likely N-dealkylation sites (tertiary alicyclic amines) is 1. The number of methoxy groups -OCH3 is 1. The summed E-state index contributed by atoms with van der Waals surface area (Å²) >= 11 is 0. The van der Waals surface area contributed by atoms with E-state index in [9.17, 15) is 9.59 Å². The number of carbonyl (C=O) groups is 2. The molecule has 1 saturated heterocycles. The van der Waals surface area contributed by atoms with E-state index in [1.807, 2.05) is 18.2 Å². The molecule has 1 aromatic carbocycles. The number of hydrogen-bond donors (Lipinski definition) is 1. The SMILES string of the molecule is COc1ccc(-c2ccc(C(=O)N3CCC[C@@H](C(N)=O)C3)cc2)nn1. The molecule has 0 aliphatic carbocycles. The Hall–Kier alpha value is -2.96. The summed E-state index contributed by atoms with van der Waals surface area (Å²) < 4.78 is 4.99. The Morgan fingerprint density at radius 2 is 1.92 bits per heavy atom. The Morgan fingerprint density at radius 3 is 2.52 bits per heavy atom. The van der Waals surface area contributed by atoms with Crippen molar-refractivity contribution >= 4 is 11.8 Å². The summed E-state index contributed by atoms with van der Waals surface area (Å²) in [6.07, 6.45) is 1.53. The Bertz CT molecular complexity index is 759. The Morgan fingerprint density at radius 1 is 1.16 bits per heavy atom. The fourth-order valence-electron chi connectivity index (χ4n) is 2.94. The second-order valence-electron chi connectivity index (χ2n) is 6.03. The Labute approximate surface area is 145 Å². The van der Waals surface area contributed by atoms with Gasteiger partial charge in [-0.2, -0.15) is 0 Å². The largest absolute Gasteiger partial charge is 0.480 e. The van der Waals surface area contributed by atoms with Gasteiger partial charge in [0.05, 0.1) is 18.7 Å². The molecule has 1 aliphatic heterocycles. The van der Waals surface area contributed by atoms with Crippen molar-refractivity contribution in [3.63, 3.8) is 0 Å². The highest BCUT2D eigenvalue weighted by molar-refractivity contribution is 5.95. The fourth-order valence-corrected chi connectivity index (χ4v) is 2.94. The highest BCUT2D eigenvalue weighted by Crippen LogP contribution is 2.21. The molecule has 2 N–H and O–H groups in total. The molecule has 1 aliphatic rings. The van der Waals surface area contributed by atoms with Gasteiger partial charge in [-0.3, -0.25) is 9.59 Å². The summed E-state index contributed by atoms with van der Waals surface area (Å²) in [5, 5.41) is 8.03. The summed E-state index contributed by atoms with van der Waals surface area (Å²) in [6.45, 7) is 1.04. The van der Waals surface area contributed by atoms with Crippen LogP contribution in [0.4, 0.5) is 0 Å². The minimum Gasteiger partial charge on any atom is -0.480 e. The number of rotatable bonds is 4. The number of amides is 2. The van der Waals surface area contributed by atoms with Gasteiger partial charge in [-0.05, 0) is 31.0 Å². The number of ether oxygens (including phenoxy) is 1. The number of primary amides is 1. The molecule has 7 nitrogen and oxygen atoms in total. The van der Waals surface area contributed by atoms with Gasteiger partial charge < -0.3 is 15.4 Å². The number of carbonyl (C=O) groups excluding carboxylic acids is 2. The third-order valence-electron chi connectivity index (χ3n) is 4.39. The zero-order chi connectivity index (χ0) is 17.8. The zero-order valence-electron chi connectivity index (χ0n) is 14.0. The first-order chi connectivity index (χ1) is 12.1. The molecule has 130 valence electrons. The van der Waals surface area contributed by atoms with Gasteiger partial charge in [0.2, 0.25) is 11.8 Å². The molecule has 0 spiro atoms. The monoisotopic (exact) mass is 340 g/mol. The molecule has 2 amide bonds. The quantitative estimate of drug-likeness (QED) is 0.909. The molecule has 1 fully saturated rings. The lowest BCUT2D eigenvalue weighted by molar-refractivity contribution is -0.123. The van der Waals surface area contributed by atoms with Crippen LogP contribution >= 0.6 is 0 Å². The minimum absolute atomic E-state index is 0.0849. The molecule has 0 bridgehead atoms. The van der Waals surface area contributed by atoms with E-state index in [0.29, 0.717) is 30.2 Å². The van der Waals surface area contributed by atoms with Crippen LogP contribution in [0.5, 0.6) is 5.88 Å². The van der Waals surface area contributed by atoms with Gasteiger partial charge in [0.15, 0.2) is 0 Å². The maximum atomic E-state index is 12.6. The van der Waals surface area contributed by atoms with Crippen LogP contribution in [0.3, 0.4) is 0 Å². The molecule has 0 unspecified atom stereocenters. The summed E-state index contributed by atoms with van der Waals surface area (Å²) in [6, 6.07) is 10.7. The van der Waals surface area contributed by atoms with Crippen LogP contribution in [-0.2, 0) is 4.79 Å². The van der Waals surface area contributed by atoms with Crippen LogP contribution in [0, 0.1) is 5.92 Å². The molecule has 1 aromatic heterocycles. The first-order valence-electron chi connectivity index (χ1n) is 8.15. The van der Waals surface area contributed by atoms with Crippen molar-refractivity contribution < 1.29 is 14.3 Å². The Kier molecular flexibility index (Phi) is 4.92. The normalized spacial score (nSPS) is 17.2. The van der Waals surface area contributed by atoms with E-state index in [1.165, 1.54) is 7.11 Å². The lowest BCUT2D eigenvalue weighted by Gasteiger charge is -2.31. The summed E-state index contributed by atoms with van der Waals surface area (Å²) in [5.74, 6) is -0.236. The molecule has 2 heterocycles.